The number of nitrogens with zero attached hydrogens (tertiary/aromatic N) is 2. The zero-order valence-electron chi connectivity index (χ0n) is 10.9. The van der Waals surface area contributed by atoms with E-state index in [2.05, 4.69) is 21.0 Å². The van der Waals surface area contributed by atoms with Crippen molar-refractivity contribution in [3.8, 4) is 0 Å². The highest BCUT2D eigenvalue weighted by Crippen LogP contribution is 2.25. The Morgan fingerprint density at radius 1 is 1.42 bits per heavy atom. The van der Waals surface area contributed by atoms with Crippen LogP contribution in [-0.2, 0) is 0 Å². The van der Waals surface area contributed by atoms with E-state index in [1.54, 1.807) is 28.9 Å². The Morgan fingerprint density at radius 3 is 2.63 bits per heavy atom. The van der Waals surface area contributed by atoms with E-state index in [9.17, 15) is 4.79 Å². The summed E-state index contributed by atoms with van der Waals surface area (Å²) in [4.78, 5) is 12.4. The highest BCUT2D eigenvalue weighted by Gasteiger charge is 2.21. The predicted octanol–water partition coefficient (Wildman–Crippen LogP) is 4.36. The van der Waals surface area contributed by atoms with Crippen LogP contribution in [0.25, 0.3) is 0 Å². The van der Waals surface area contributed by atoms with E-state index < -0.39 is 0 Å². The molecule has 0 N–H and O–H groups in total. The van der Waals surface area contributed by atoms with Crippen molar-refractivity contribution in [3.05, 3.63) is 50.7 Å². The van der Waals surface area contributed by atoms with Crippen LogP contribution in [0.1, 0.15) is 34.7 Å². The van der Waals surface area contributed by atoms with E-state index in [1.807, 2.05) is 20.8 Å². The van der Waals surface area contributed by atoms with Crippen LogP contribution in [0.5, 0.6) is 0 Å². The van der Waals surface area contributed by atoms with Gasteiger partial charge in [0.2, 0.25) is 0 Å². The van der Waals surface area contributed by atoms with Gasteiger partial charge in [-0.3, -0.25) is 9.48 Å². The third kappa shape index (κ3) is 2.74. The molecule has 0 aliphatic rings. The number of benzene rings is 1. The molecule has 1 atom stereocenters. The predicted molar refractivity (Wildman–Crippen MR) is 79.9 cm³/mol. The lowest BCUT2D eigenvalue weighted by molar-refractivity contribution is 0.0926. The number of rotatable bonds is 3. The summed E-state index contributed by atoms with van der Waals surface area (Å²) in [5.74, 6) is 0.000556. The molecule has 1 heterocycles. The van der Waals surface area contributed by atoms with Gasteiger partial charge in [0.25, 0.3) is 0 Å². The fraction of sp³-hybridized carbons (Fsp3) is 0.286. The Labute approximate surface area is 125 Å². The average molecular weight is 342 g/mol. The van der Waals surface area contributed by atoms with Gasteiger partial charge >= 0.3 is 0 Å². The van der Waals surface area contributed by atoms with Gasteiger partial charge in [0.1, 0.15) is 6.04 Å². The molecule has 0 bridgehead atoms. The topological polar surface area (TPSA) is 34.9 Å². The van der Waals surface area contributed by atoms with E-state index in [-0.39, 0.29) is 11.8 Å². The minimum absolute atomic E-state index is 0.000556. The van der Waals surface area contributed by atoms with Crippen molar-refractivity contribution in [1.82, 2.24) is 9.78 Å². The van der Waals surface area contributed by atoms with Crippen molar-refractivity contribution in [2.45, 2.75) is 26.8 Å². The molecule has 0 saturated heterocycles. The molecule has 19 heavy (non-hydrogen) atoms. The zero-order chi connectivity index (χ0) is 14.2. The van der Waals surface area contributed by atoms with Crippen molar-refractivity contribution >= 4 is 33.3 Å². The highest BCUT2D eigenvalue weighted by atomic mass is 79.9. The Morgan fingerprint density at radius 2 is 2.11 bits per heavy atom. The minimum atomic E-state index is -0.358. The summed E-state index contributed by atoms with van der Waals surface area (Å²) in [5.41, 5.74) is 2.42. The van der Waals surface area contributed by atoms with Crippen molar-refractivity contribution in [1.29, 1.82) is 0 Å². The van der Waals surface area contributed by atoms with Crippen molar-refractivity contribution in [2.75, 3.05) is 0 Å². The molecule has 0 saturated carbocycles. The second-order valence-corrected chi connectivity index (χ2v) is 5.71. The number of hydrogen-bond acceptors (Lipinski definition) is 2. The monoisotopic (exact) mass is 340 g/mol. The molecule has 2 rings (SSSR count). The summed E-state index contributed by atoms with van der Waals surface area (Å²) in [5, 5.41) is 4.96. The molecule has 0 radical (unpaired) electrons. The van der Waals surface area contributed by atoms with Crippen LogP contribution in [0.3, 0.4) is 0 Å². The molecular weight excluding hydrogens is 328 g/mol. The SMILES string of the molecule is Cc1nn(C(C)C(=O)c2cccc(Cl)c2)c(C)c1Br. The van der Waals surface area contributed by atoms with Gasteiger partial charge in [-0.05, 0) is 48.8 Å². The summed E-state index contributed by atoms with van der Waals surface area (Å²) in [6.07, 6.45) is 0. The molecule has 1 unspecified atom stereocenters. The van der Waals surface area contributed by atoms with Crippen molar-refractivity contribution < 1.29 is 4.79 Å². The molecule has 0 aliphatic carbocycles. The molecule has 100 valence electrons. The first-order chi connectivity index (χ1) is 8.91. The first-order valence-corrected chi connectivity index (χ1v) is 7.10. The van der Waals surface area contributed by atoms with E-state index in [0.29, 0.717) is 10.6 Å². The second-order valence-electron chi connectivity index (χ2n) is 4.48. The van der Waals surface area contributed by atoms with Crippen molar-refractivity contribution in [2.24, 2.45) is 0 Å². The summed E-state index contributed by atoms with van der Waals surface area (Å²) >= 11 is 9.39. The van der Waals surface area contributed by atoms with Crippen LogP contribution in [0.15, 0.2) is 28.7 Å². The molecule has 1 aromatic heterocycles. The van der Waals surface area contributed by atoms with Gasteiger partial charge in [-0.2, -0.15) is 5.10 Å². The molecule has 1 aromatic carbocycles. The summed E-state index contributed by atoms with van der Waals surface area (Å²) in [6.45, 7) is 5.69. The highest BCUT2D eigenvalue weighted by molar-refractivity contribution is 9.10. The quantitative estimate of drug-likeness (QED) is 0.777. The molecule has 0 amide bonds. The Balaban J connectivity index is 2.36. The molecule has 0 fully saturated rings. The average Bonchev–Trinajstić information content (AvgIpc) is 2.65. The van der Waals surface area contributed by atoms with Gasteiger partial charge in [0.05, 0.1) is 15.9 Å². The van der Waals surface area contributed by atoms with Crippen LogP contribution in [0.2, 0.25) is 5.02 Å². The van der Waals surface area contributed by atoms with Crippen LogP contribution in [0.4, 0.5) is 0 Å². The van der Waals surface area contributed by atoms with E-state index >= 15 is 0 Å². The number of aryl methyl sites for hydroxylation is 1. The molecule has 5 heteroatoms. The fourth-order valence-electron chi connectivity index (χ4n) is 2.01. The maximum absolute atomic E-state index is 12.4. The number of hydrogen-bond donors (Lipinski definition) is 0. The first-order valence-electron chi connectivity index (χ1n) is 5.92. The van der Waals surface area contributed by atoms with E-state index in [1.165, 1.54) is 0 Å². The van der Waals surface area contributed by atoms with E-state index in [4.69, 9.17) is 11.6 Å². The molecule has 0 spiro atoms. The number of carbonyl (C=O) groups is 1. The maximum Gasteiger partial charge on any atom is 0.187 e. The van der Waals surface area contributed by atoms with Crippen LogP contribution in [-0.4, -0.2) is 15.6 Å². The molecular formula is C14H14BrClN2O. The third-order valence-corrected chi connectivity index (χ3v) is 4.47. The Kier molecular flexibility index (Phi) is 4.11. The third-order valence-electron chi connectivity index (χ3n) is 3.09. The summed E-state index contributed by atoms with van der Waals surface area (Å²) in [6, 6.07) is 6.62. The van der Waals surface area contributed by atoms with Gasteiger partial charge in [-0.15, -0.1) is 0 Å². The molecule has 0 aliphatic heterocycles. The van der Waals surface area contributed by atoms with E-state index in [0.717, 1.165) is 15.9 Å². The lowest BCUT2D eigenvalue weighted by Crippen LogP contribution is -2.19. The lowest BCUT2D eigenvalue weighted by Gasteiger charge is -2.13. The van der Waals surface area contributed by atoms with Gasteiger partial charge in [0, 0.05) is 10.6 Å². The standard InChI is InChI=1S/C14H14BrClN2O/c1-8-13(15)9(2)18(17-8)10(3)14(19)11-5-4-6-12(16)7-11/h4-7,10H,1-3H3. The largest absolute Gasteiger partial charge is 0.292 e. The molecule has 3 nitrogen and oxygen atoms in total. The number of Topliss-reactive ketones (excluding diaryl/α,β-unsaturated/α-hetero) is 1. The van der Waals surface area contributed by atoms with Crippen LogP contribution < -0.4 is 0 Å². The Hall–Kier alpha value is -1.13. The van der Waals surface area contributed by atoms with Gasteiger partial charge < -0.3 is 0 Å². The lowest BCUT2D eigenvalue weighted by atomic mass is 10.1. The fourth-order valence-corrected chi connectivity index (χ4v) is 2.47. The second kappa shape index (κ2) is 5.47. The Bertz CT molecular complexity index is 636. The normalized spacial score (nSPS) is 12.5. The van der Waals surface area contributed by atoms with Gasteiger partial charge in [-0.1, -0.05) is 23.7 Å². The number of halogens is 2. The van der Waals surface area contributed by atoms with Gasteiger partial charge in [-0.25, -0.2) is 0 Å². The first kappa shape index (κ1) is 14.3. The number of ketones is 1. The number of carbonyl (C=O) groups excluding carboxylic acids is 1. The minimum Gasteiger partial charge on any atom is -0.292 e. The van der Waals surface area contributed by atoms with Gasteiger partial charge in [0.15, 0.2) is 5.78 Å². The zero-order valence-corrected chi connectivity index (χ0v) is 13.3. The van der Waals surface area contributed by atoms with Crippen molar-refractivity contribution in [3.63, 3.8) is 0 Å². The summed E-state index contributed by atoms with van der Waals surface area (Å²) in [7, 11) is 0. The molecule has 2 aromatic rings. The maximum atomic E-state index is 12.4. The van der Waals surface area contributed by atoms with Crippen LogP contribution in [0, 0.1) is 13.8 Å². The van der Waals surface area contributed by atoms with Crippen LogP contribution >= 0.6 is 27.5 Å². The number of aromatic nitrogens is 2. The smallest absolute Gasteiger partial charge is 0.187 e. The summed E-state index contributed by atoms with van der Waals surface area (Å²) < 4.78 is 2.68.